The topological polar surface area (TPSA) is 46.5 Å². The molecule has 0 aliphatic heterocycles. The highest BCUT2D eigenvalue weighted by Gasteiger charge is 2.18. The summed E-state index contributed by atoms with van der Waals surface area (Å²) in [5.41, 5.74) is 1.78. The van der Waals surface area contributed by atoms with Crippen molar-refractivity contribution in [3.63, 3.8) is 0 Å². The molecule has 2 aromatic carbocycles. The minimum absolute atomic E-state index is 0.134. The molecule has 0 radical (unpaired) electrons. The van der Waals surface area contributed by atoms with Gasteiger partial charge in [-0.3, -0.25) is 4.79 Å². The smallest absolute Gasteiger partial charge is 0.311 e. The van der Waals surface area contributed by atoms with Crippen LogP contribution in [0.15, 0.2) is 48.5 Å². The minimum atomic E-state index is -0.253. The van der Waals surface area contributed by atoms with Crippen molar-refractivity contribution in [2.45, 2.75) is 39.0 Å². The van der Waals surface area contributed by atoms with Crippen molar-refractivity contribution in [2.24, 2.45) is 0 Å². The number of carbonyl (C=O) groups excluding carboxylic acids is 1. The van der Waals surface area contributed by atoms with E-state index >= 15 is 0 Å². The molecule has 0 saturated carbocycles. The van der Waals surface area contributed by atoms with E-state index in [4.69, 9.17) is 4.74 Å². The monoisotopic (exact) mass is 298 g/mol. The average molecular weight is 298 g/mol. The Morgan fingerprint density at radius 1 is 1.09 bits per heavy atom. The van der Waals surface area contributed by atoms with Gasteiger partial charge < -0.3 is 9.84 Å². The van der Waals surface area contributed by atoms with Crippen LogP contribution in [0.3, 0.4) is 0 Å². The highest BCUT2D eigenvalue weighted by molar-refractivity contribution is 5.72. The normalized spacial score (nSPS) is 11.2. The molecule has 0 saturated heterocycles. The molecule has 0 spiro atoms. The maximum absolute atomic E-state index is 11.9. The van der Waals surface area contributed by atoms with Crippen LogP contribution in [0.4, 0.5) is 0 Å². The summed E-state index contributed by atoms with van der Waals surface area (Å²) in [7, 11) is 0. The van der Waals surface area contributed by atoms with Gasteiger partial charge in [-0.25, -0.2) is 0 Å². The van der Waals surface area contributed by atoms with E-state index in [1.807, 2.05) is 30.3 Å². The molecule has 0 amide bonds. The highest BCUT2D eigenvalue weighted by atomic mass is 16.5. The van der Waals surface area contributed by atoms with Gasteiger partial charge in [0, 0.05) is 6.42 Å². The molecule has 0 aliphatic carbocycles. The van der Waals surface area contributed by atoms with Crippen molar-refractivity contribution in [3.05, 3.63) is 59.7 Å². The zero-order valence-electron chi connectivity index (χ0n) is 13.3. The fraction of sp³-hybridized carbons (Fsp3) is 0.316. The first-order chi connectivity index (χ1) is 10.4. The largest absolute Gasteiger partial charge is 0.508 e. The minimum Gasteiger partial charge on any atom is -0.508 e. The van der Waals surface area contributed by atoms with Crippen LogP contribution in [0.2, 0.25) is 0 Å². The van der Waals surface area contributed by atoms with E-state index in [0.717, 1.165) is 11.1 Å². The van der Waals surface area contributed by atoms with E-state index < -0.39 is 0 Å². The number of hydrogen-bond donors (Lipinski definition) is 1. The third-order valence-electron chi connectivity index (χ3n) is 3.46. The van der Waals surface area contributed by atoms with Crippen LogP contribution in [0.25, 0.3) is 0 Å². The fourth-order valence-corrected chi connectivity index (χ4v) is 2.26. The molecule has 3 nitrogen and oxygen atoms in total. The molecule has 0 atom stereocenters. The summed E-state index contributed by atoms with van der Waals surface area (Å²) in [6.07, 6.45) is 0.901. The van der Waals surface area contributed by atoms with Gasteiger partial charge >= 0.3 is 5.97 Å². The maximum Gasteiger partial charge on any atom is 0.311 e. The second-order valence-corrected chi connectivity index (χ2v) is 6.39. The molecule has 0 aliphatic rings. The van der Waals surface area contributed by atoms with Gasteiger partial charge in [-0.2, -0.15) is 0 Å². The van der Waals surface area contributed by atoms with Crippen LogP contribution in [-0.2, 0) is 16.6 Å². The lowest BCUT2D eigenvalue weighted by Gasteiger charge is -2.21. The number of para-hydroxylation sites is 1. The molecular formula is C19H22O3. The predicted molar refractivity (Wildman–Crippen MR) is 87.2 cm³/mol. The second-order valence-electron chi connectivity index (χ2n) is 6.39. The van der Waals surface area contributed by atoms with Crippen LogP contribution >= 0.6 is 0 Å². The van der Waals surface area contributed by atoms with Gasteiger partial charge in [0.2, 0.25) is 0 Å². The third kappa shape index (κ3) is 4.35. The lowest BCUT2D eigenvalue weighted by atomic mass is 9.85. The first kappa shape index (κ1) is 16.1. The van der Waals surface area contributed by atoms with Gasteiger partial charge in [-0.1, -0.05) is 51.1 Å². The molecule has 2 rings (SSSR count). The van der Waals surface area contributed by atoms with Gasteiger partial charge in [0.25, 0.3) is 0 Å². The van der Waals surface area contributed by atoms with Crippen molar-refractivity contribution in [1.29, 1.82) is 0 Å². The van der Waals surface area contributed by atoms with Crippen LogP contribution in [0.5, 0.6) is 11.5 Å². The lowest BCUT2D eigenvalue weighted by molar-refractivity contribution is -0.134. The summed E-state index contributed by atoms with van der Waals surface area (Å²) < 4.78 is 5.27. The average Bonchev–Trinajstić information content (AvgIpc) is 2.46. The summed E-state index contributed by atoms with van der Waals surface area (Å²) in [6, 6.07) is 14.6. The zero-order valence-corrected chi connectivity index (χ0v) is 13.3. The number of rotatable bonds is 4. The van der Waals surface area contributed by atoms with Crippen LogP contribution < -0.4 is 4.74 Å². The highest BCUT2D eigenvalue weighted by Crippen LogP contribution is 2.31. The van der Waals surface area contributed by atoms with Crippen molar-refractivity contribution < 1.29 is 14.6 Å². The SMILES string of the molecule is CC(C)(C)c1cc(CCC(=O)Oc2ccccc2)ccc1O. The Morgan fingerprint density at radius 3 is 2.41 bits per heavy atom. The molecule has 2 aromatic rings. The van der Waals surface area contributed by atoms with E-state index in [1.165, 1.54) is 0 Å². The number of aromatic hydroxyl groups is 1. The van der Waals surface area contributed by atoms with Gasteiger partial charge in [0.15, 0.2) is 0 Å². The molecule has 0 heterocycles. The number of phenolic OH excluding ortho intramolecular Hbond substituents is 1. The van der Waals surface area contributed by atoms with Crippen LogP contribution in [0.1, 0.15) is 38.3 Å². The molecule has 116 valence electrons. The van der Waals surface area contributed by atoms with Crippen molar-refractivity contribution in [2.75, 3.05) is 0 Å². The Kier molecular flexibility index (Phi) is 4.86. The molecule has 0 aromatic heterocycles. The molecule has 1 N–H and O–H groups in total. The maximum atomic E-state index is 11.9. The number of carbonyl (C=O) groups is 1. The molecule has 22 heavy (non-hydrogen) atoms. The molecular weight excluding hydrogens is 276 g/mol. The Hall–Kier alpha value is -2.29. The van der Waals surface area contributed by atoms with Crippen molar-refractivity contribution in [3.8, 4) is 11.5 Å². The first-order valence-corrected chi connectivity index (χ1v) is 7.44. The Bertz CT molecular complexity index is 639. The van der Waals surface area contributed by atoms with Gasteiger partial charge in [0.1, 0.15) is 11.5 Å². The van der Waals surface area contributed by atoms with Gasteiger partial charge in [0.05, 0.1) is 0 Å². The number of aryl methyl sites for hydroxylation is 1. The van der Waals surface area contributed by atoms with Crippen LogP contribution in [-0.4, -0.2) is 11.1 Å². The molecule has 0 unspecified atom stereocenters. The summed E-state index contributed by atoms with van der Waals surface area (Å²) in [5.74, 6) is 0.605. The second kappa shape index (κ2) is 6.65. The lowest BCUT2D eigenvalue weighted by Crippen LogP contribution is -2.12. The zero-order chi connectivity index (χ0) is 16.2. The van der Waals surface area contributed by atoms with E-state index in [9.17, 15) is 9.90 Å². The van der Waals surface area contributed by atoms with E-state index in [-0.39, 0.29) is 11.4 Å². The fourth-order valence-electron chi connectivity index (χ4n) is 2.26. The number of benzene rings is 2. The Morgan fingerprint density at radius 2 is 1.77 bits per heavy atom. The van der Waals surface area contributed by atoms with E-state index in [2.05, 4.69) is 20.8 Å². The van der Waals surface area contributed by atoms with E-state index in [0.29, 0.717) is 24.3 Å². The van der Waals surface area contributed by atoms with Crippen molar-refractivity contribution in [1.82, 2.24) is 0 Å². The quantitative estimate of drug-likeness (QED) is 0.679. The van der Waals surface area contributed by atoms with Gasteiger partial charge in [-0.05, 0) is 41.2 Å². The summed E-state index contributed by atoms with van der Waals surface area (Å²) >= 11 is 0. The van der Waals surface area contributed by atoms with Crippen molar-refractivity contribution >= 4 is 5.97 Å². The van der Waals surface area contributed by atoms with E-state index in [1.54, 1.807) is 18.2 Å². The number of esters is 1. The standard InChI is InChI=1S/C19H22O3/c1-19(2,3)16-13-14(9-11-17(16)20)10-12-18(21)22-15-7-5-4-6-8-15/h4-9,11,13,20H,10,12H2,1-3H3. The Balaban J connectivity index is 1.98. The molecule has 0 bridgehead atoms. The number of hydrogen-bond acceptors (Lipinski definition) is 3. The summed E-state index contributed by atoms with van der Waals surface area (Å²) in [6.45, 7) is 6.15. The molecule has 3 heteroatoms. The van der Waals surface area contributed by atoms with Gasteiger partial charge in [-0.15, -0.1) is 0 Å². The first-order valence-electron chi connectivity index (χ1n) is 7.44. The predicted octanol–water partition coefficient (Wildman–Crippen LogP) is 4.23. The van der Waals surface area contributed by atoms with Crippen LogP contribution in [0, 0.1) is 0 Å². The third-order valence-corrected chi connectivity index (χ3v) is 3.46. The Labute approximate surface area is 131 Å². The summed E-state index contributed by atoms with van der Waals surface area (Å²) in [4.78, 5) is 11.9. The number of phenols is 1. The molecule has 0 fully saturated rings. The number of ether oxygens (including phenoxy) is 1. The summed E-state index contributed by atoms with van der Waals surface area (Å²) in [5, 5.41) is 9.95.